The van der Waals surface area contributed by atoms with Gasteiger partial charge in [0.25, 0.3) is 5.89 Å². The summed E-state index contributed by atoms with van der Waals surface area (Å²) in [6.45, 7) is 1.90. The normalized spacial score (nSPS) is 12.8. The van der Waals surface area contributed by atoms with Gasteiger partial charge in [0.05, 0.1) is 10.9 Å². The number of nitrogens with two attached hydrogens (primary N) is 1. The van der Waals surface area contributed by atoms with E-state index in [1.807, 2.05) is 29.8 Å². The number of hydrogen-bond donors (Lipinski definition) is 1. The molecule has 0 amide bonds. The number of hydrogen-bond acceptors (Lipinski definition) is 7. The van der Waals surface area contributed by atoms with Crippen molar-refractivity contribution in [2.75, 3.05) is 0 Å². The third kappa shape index (κ3) is 2.07. The fourth-order valence-electron chi connectivity index (χ4n) is 1.43. The zero-order valence-electron chi connectivity index (χ0n) is 9.53. The van der Waals surface area contributed by atoms with E-state index in [-0.39, 0.29) is 6.04 Å². The summed E-state index contributed by atoms with van der Waals surface area (Å²) in [4.78, 5) is 9.69. The average Bonchev–Trinajstić information content (AvgIpc) is 3.10. The van der Waals surface area contributed by atoms with E-state index in [1.54, 1.807) is 11.3 Å². The molecule has 3 aromatic rings. The van der Waals surface area contributed by atoms with E-state index >= 15 is 0 Å². The first-order valence-electron chi connectivity index (χ1n) is 5.33. The highest BCUT2D eigenvalue weighted by molar-refractivity contribution is 7.13. The summed E-state index contributed by atoms with van der Waals surface area (Å²) >= 11 is 3.07. The van der Waals surface area contributed by atoms with Gasteiger partial charge < -0.3 is 10.3 Å². The molecular weight excluding hydrogens is 268 g/mol. The van der Waals surface area contributed by atoms with Crippen LogP contribution in [-0.4, -0.2) is 15.1 Å². The van der Waals surface area contributed by atoms with Crippen molar-refractivity contribution in [1.29, 1.82) is 0 Å². The van der Waals surface area contributed by atoms with Crippen LogP contribution in [0.2, 0.25) is 0 Å². The van der Waals surface area contributed by atoms with E-state index in [1.165, 1.54) is 11.3 Å². The van der Waals surface area contributed by atoms with E-state index in [2.05, 4.69) is 15.1 Å². The van der Waals surface area contributed by atoms with E-state index in [0.717, 1.165) is 9.88 Å². The predicted molar refractivity (Wildman–Crippen MR) is 71.3 cm³/mol. The second-order valence-corrected chi connectivity index (χ2v) is 5.60. The number of rotatable bonds is 3. The molecule has 18 heavy (non-hydrogen) atoms. The first kappa shape index (κ1) is 11.5. The molecule has 0 aliphatic rings. The molecule has 3 rings (SSSR count). The highest BCUT2D eigenvalue weighted by Gasteiger charge is 2.15. The molecule has 0 aliphatic carbocycles. The largest absolute Gasteiger partial charge is 0.332 e. The van der Waals surface area contributed by atoms with Gasteiger partial charge in [-0.1, -0.05) is 11.2 Å². The molecular formula is C11H10N4OS2. The van der Waals surface area contributed by atoms with E-state index in [0.29, 0.717) is 17.4 Å². The summed E-state index contributed by atoms with van der Waals surface area (Å²) < 4.78 is 5.22. The summed E-state index contributed by atoms with van der Waals surface area (Å²) in [5.74, 6) is 1.02. The van der Waals surface area contributed by atoms with Crippen molar-refractivity contribution in [2.45, 2.75) is 13.0 Å². The number of thiophene rings is 1. The van der Waals surface area contributed by atoms with Crippen LogP contribution in [0.3, 0.4) is 0 Å². The van der Waals surface area contributed by atoms with Gasteiger partial charge in [0.15, 0.2) is 0 Å². The standard InChI is InChI=1S/C11H10N4OS2/c1-6(12)11-13-7(5-18-11)10-14-9(15-16-10)8-3-2-4-17-8/h2-6H,12H2,1H3. The van der Waals surface area contributed by atoms with Crippen LogP contribution in [0, 0.1) is 0 Å². The van der Waals surface area contributed by atoms with Crippen molar-refractivity contribution in [2.24, 2.45) is 5.73 Å². The Balaban J connectivity index is 1.93. The smallest absolute Gasteiger partial charge is 0.277 e. The molecule has 0 saturated carbocycles. The first-order chi connectivity index (χ1) is 8.74. The molecule has 5 nitrogen and oxygen atoms in total. The highest BCUT2D eigenvalue weighted by atomic mass is 32.1. The highest BCUT2D eigenvalue weighted by Crippen LogP contribution is 2.27. The number of nitrogens with zero attached hydrogens (tertiary/aromatic N) is 3. The minimum atomic E-state index is -0.0802. The molecule has 92 valence electrons. The van der Waals surface area contributed by atoms with Crippen LogP contribution in [0.1, 0.15) is 18.0 Å². The van der Waals surface area contributed by atoms with Gasteiger partial charge in [-0.25, -0.2) is 4.98 Å². The lowest BCUT2D eigenvalue weighted by Gasteiger charge is -1.95. The Hall–Kier alpha value is -1.57. The SMILES string of the molecule is CC(N)c1nc(-c2nc(-c3cccs3)no2)cs1. The fourth-order valence-corrected chi connectivity index (χ4v) is 2.83. The Kier molecular flexibility index (Phi) is 2.94. The minimum Gasteiger partial charge on any atom is -0.332 e. The van der Waals surface area contributed by atoms with Crippen LogP contribution in [0.25, 0.3) is 22.3 Å². The van der Waals surface area contributed by atoms with Gasteiger partial charge >= 0.3 is 0 Å². The molecule has 0 aliphatic heterocycles. The zero-order chi connectivity index (χ0) is 12.5. The Morgan fingerprint density at radius 1 is 1.33 bits per heavy atom. The van der Waals surface area contributed by atoms with Crippen molar-refractivity contribution >= 4 is 22.7 Å². The second kappa shape index (κ2) is 4.60. The quantitative estimate of drug-likeness (QED) is 0.797. The summed E-state index contributed by atoms with van der Waals surface area (Å²) in [5.41, 5.74) is 6.45. The lowest BCUT2D eigenvalue weighted by molar-refractivity contribution is 0.431. The van der Waals surface area contributed by atoms with Gasteiger partial charge in [0.2, 0.25) is 5.82 Å². The van der Waals surface area contributed by atoms with Crippen LogP contribution < -0.4 is 5.73 Å². The van der Waals surface area contributed by atoms with Crippen molar-refractivity contribution in [3.63, 3.8) is 0 Å². The number of aromatic nitrogens is 3. The summed E-state index contributed by atoms with van der Waals surface area (Å²) in [6.07, 6.45) is 0. The minimum absolute atomic E-state index is 0.0802. The molecule has 0 saturated heterocycles. The molecule has 2 N–H and O–H groups in total. The lowest BCUT2D eigenvalue weighted by Crippen LogP contribution is -2.03. The molecule has 0 fully saturated rings. The predicted octanol–water partition coefficient (Wildman–Crippen LogP) is 2.94. The van der Waals surface area contributed by atoms with Gasteiger partial charge in [0.1, 0.15) is 10.7 Å². The van der Waals surface area contributed by atoms with E-state index < -0.39 is 0 Å². The summed E-state index contributed by atoms with van der Waals surface area (Å²) in [5, 5.41) is 8.66. The molecule has 1 atom stereocenters. The van der Waals surface area contributed by atoms with Crippen LogP contribution >= 0.6 is 22.7 Å². The Bertz CT molecular complexity index is 642. The molecule has 0 bridgehead atoms. The molecule has 1 unspecified atom stereocenters. The van der Waals surface area contributed by atoms with Crippen molar-refractivity contribution in [1.82, 2.24) is 15.1 Å². The third-order valence-corrected chi connectivity index (χ3v) is 4.21. The molecule has 0 spiro atoms. The van der Waals surface area contributed by atoms with Crippen molar-refractivity contribution in [3.05, 3.63) is 27.9 Å². The third-order valence-electron chi connectivity index (χ3n) is 2.30. The Morgan fingerprint density at radius 3 is 2.89 bits per heavy atom. The van der Waals surface area contributed by atoms with Gasteiger partial charge in [-0.15, -0.1) is 22.7 Å². The first-order valence-corrected chi connectivity index (χ1v) is 7.09. The zero-order valence-corrected chi connectivity index (χ0v) is 11.2. The molecule has 0 radical (unpaired) electrons. The van der Waals surface area contributed by atoms with E-state index in [4.69, 9.17) is 10.3 Å². The van der Waals surface area contributed by atoms with Crippen LogP contribution in [0.4, 0.5) is 0 Å². The molecule has 0 aromatic carbocycles. The Morgan fingerprint density at radius 2 is 2.22 bits per heavy atom. The summed E-state index contributed by atoms with van der Waals surface area (Å²) in [7, 11) is 0. The van der Waals surface area contributed by atoms with Crippen LogP contribution in [0.15, 0.2) is 27.4 Å². The topological polar surface area (TPSA) is 77.8 Å². The second-order valence-electron chi connectivity index (χ2n) is 3.76. The maximum atomic E-state index is 5.77. The van der Waals surface area contributed by atoms with E-state index in [9.17, 15) is 0 Å². The number of thiazole rings is 1. The van der Waals surface area contributed by atoms with Gasteiger partial charge in [0, 0.05) is 5.38 Å². The van der Waals surface area contributed by atoms with Gasteiger partial charge in [-0.2, -0.15) is 4.98 Å². The molecule has 7 heteroatoms. The van der Waals surface area contributed by atoms with Crippen molar-refractivity contribution < 1.29 is 4.52 Å². The molecule has 3 aromatic heterocycles. The maximum Gasteiger partial charge on any atom is 0.277 e. The van der Waals surface area contributed by atoms with Crippen LogP contribution in [0.5, 0.6) is 0 Å². The van der Waals surface area contributed by atoms with Gasteiger partial charge in [-0.3, -0.25) is 0 Å². The monoisotopic (exact) mass is 278 g/mol. The molecule has 3 heterocycles. The van der Waals surface area contributed by atoms with Gasteiger partial charge in [-0.05, 0) is 18.4 Å². The Labute approximate surface area is 111 Å². The average molecular weight is 278 g/mol. The van der Waals surface area contributed by atoms with Crippen LogP contribution in [-0.2, 0) is 0 Å². The fraction of sp³-hybridized carbons (Fsp3) is 0.182. The lowest BCUT2D eigenvalue weighted by atomic mass is 10.4. The maximum absolute atomic E-state index is 5.77. The van der Waals surface area contributed by atoms with Crippen molar-refractivity contribution in [3.8, 4) is 22.3 Å². The summed E-state index contributed by atoms with van der Waals surface area (Å²) in [6, 6.07) is 3.82.